The molecule has 1 aliphatic carbocycles. The monoisotopic (exact) mass is 258 g/mol. The molecule has 3 rings (SSSR count). The Labute approximate surface area is 112 Å². The molecule has 0 radical (unpaired) electrons. The molecule has 4 nitrogen and oxygen atoms in total. The lowest BCUT2D eigenvalue weighted by atomic mass is 10.1. The maximum absolute atomic E-state index is 9.72. The van der Waals surface area contributed by atoms with E-state index >= 15 is 0 Å². The summed E-state index contributed by atoms with van der Waals surface area (Å²) in [6.45, 7) is 4.12. The lowest BCUT2D eigenvalue weighted by molar-refractivity contribution is 0.414. The van der Waals surface area contributed by atoms with E-state index in [1.807, 2.05) is 13.0 Å². The van der Waals surface area contributed by atoms with Crippen LogP contribution >= 0.6 is 0 Å². The van der Waals surface area contributed by atoms with Gasteiger partial charge in [0.05, 0.1) is 0 Å². The SMILES string of the molecule is Cc1c(O)cccc1-c1nc(C2CCC(C)C2)no1. The minimum absolute atomic E-state index is 0.256. The molecule has 0 amide bonds. The second-order valence-corrected chi connectivity index (χ2v) is 5.52. The average molecular weight is 258 g/mol. The van der Waals surface area contributed by atoms with Crippen LogP contribution in [0.2, 0.25) is 0 Å². The fourth-order valence-corrected chi connectivity index (χ4v) is 2.81. The molecule has 4 heteroatoms. The van der Waals surface area contributed by atoms with Crippen LogP contribution in [0.3, 0.4) is 0 Å². The summed E-state index contributed by atoms with van der Waals surface area (Å²) in [5, 5.41) is 13.8. The number of benzene rings is 1. The Morgan fingerprint density at radius 2 is 2.16 bits per heavy atom. The highest BCUT2D eigenvalue weighted by atomic mass is 16.5. The molecule has 0 spiro atoms. The predicted octanol–water partition coefficient (Wildman–Crippen LogP) is 3.65. The maximum Gasteiger partial charge on any atom is 0.258 e. The van der Waals surface area contributed by atoms with Crippen LogP contribution in [-0.2, 0) is 0 Å². The van der Waals surface area contributed by atoms with E-state index in [1.165, 1.54) is 6.42 Å². The first kappa shape index (κ1) is 12.2. The van der Waals surface area contributed by atoms with E-state index in [1.54, 1.807) is 12.1 Å². The van der Waals surface area contributed by atoms with Gasteiger partial charge in [-0.25, -0.2) is 0 Å². The molecule has 100 valence electrons. The van der Waals surface area contributed by atoms with Crippen molar-refractivity contribution in [2.45, 2.75) is 39.0 Å². The molecule has 19 heavy (non-hydrogen) atoms. The van der Waals surface area contributed by atoms with E-state index in [2.05, 4.69) is 17.1 Å². The van der Waals surface area contributed by atoms with E-state index in [9.17, 15) is 5.11 Å². The van der Waals surface area contributed by atoms with Crippen molar-refractivity contribution in [3.05, 3.63) is 29.6 Å². The Bertz CT molecular complexity index is 592. The van der Waals surface area contributed by atoms with Gasteiger partial charge in [0.2, 0.25) is 0 Å². The van der Waals surface area contributed by atoms with Crippen LogP contribution in [0, 0.1) is 12.8 Å². The van der Waals surface area contributed by atoms with Crippen LogP contribution in [0.15, 0.2) is 22.7 Å². The van der Waals surface area contributed by atoms with Crippen molar-refractivity contribution in [3.8, 4) is 17.2 Å². The third-order valence-electron chi connectivity index (χ3n) is 4.04. The molecule has 2 unspecified atom stereocenters. The van der Waals surface area contributed by atoms with E-state index in [0.717, 1.165) is 35.7 Å². The molecule has 1 aromatic heterocycles. The lowest BCUT2D eigenvalue weighted by Gasteiger charge is -2.03. The first-order chi connectivity index (χ1) is 9.15. The predicted molar refractivity (Wildman–Crippen MR) is 71.9 cm³/mol. The normalized spacial score (nSPS) is 22.8. The van der Waals surface area contributed by atoms with E-state index in [0.29, 0.717) is 11.8 Å². The maximum atomic E-state index is 9.72. The molecule has 1 aliphatic rings. The van der Waals surface area contributed by atoms with Crippen molar-refractivity contribution in [2.24, 2.45) is 5.92 Å². The van der Waals surface area contributed by atoms with Crippen LogP contribution < -0.4 is 0 Å². The third-order valence-corrected chi connectivity index (χ3v) is 4.04. The molecule has 1 aromatic carbocycles. The van der Waals surface area contributed by atoms with Gasteiger partial charge in [0.15, 0.2) is 5.82 Å². The number of hydrogen-bond acceptors (Lipinski definition) is 4. The fraction of sp³-hybridized carbons (Fsp3) is 0.467. The zero-order valence-corrected chi connectivity index (χ0v) is 11.3. The highest BCUT2D eigenvalue weighted by Crippen LogP contribution is 2.37. The molecule has 1 fully saturated rings. The number of phenols is 1. The van der Waals surface area contributed by atoms with Crippen molar-refractivity contribution in [1.82, 2.24) is 10.1 Å². The van der Waals surface area contributed by atoms with Gasteiger partial charge in [0.1, 0.15) is 5.75 Å². The van der Waals surface area contributed by atoms with Crippen molar-refractivity contribution < 1.29 is 9.63 Å². The Balaban J connectivity index is 1.91. The van der Waals surface area contributed by atoms with E-state index in [-0.39, 0.29) is 5.75 Å². The van der Waals surface area contributed by atoms with Gasteiger partial charge in [-0.1, -0.05) is 18.1 Å². The minimum atomic E-state index is 0.256. The number of aromatic nitrogens is 2. The molecule has 2 aromatic rings. The highest BCUT2D eigenvalue weighted by molar-refractivity contribution is 5.61. The summed E-state index contributed by atoms with van der Waals surface area (Å²) in [6.07, 6.45) is 3.51. The second kappa shape index (κ2) is 4.68. The summed E-state index contributed by atoms with van der Waals surface area (Å²) in [4.78, 5) is 4.51. The Kier molecular flexibility index (Phi) is 3.01. The number of phenolic OH excluding ortho intramolecular Hbond substituents is 1. The standard InChI is InChI=1S/C15H18N2O2/c1-9-6-7-11(8-9)14-16-15(19-17-14)12-4-3-5-13(18)10(12)2/h3-5,9,11,18H,6-8H2,1-2H3. The summed E-state index contributed by atoms with van der Waals surface area (Å²) in [5.74, 6) is 2.73. The largest absolute Gasteiger partial charge is 0.508 e. The Morgan fingerprint density at radius 1 is 1.32 bits per heavy atom. The van der Waals surface area contributed by atoms with Gasteiger partial charge in [0, 0.05) is 17.0 Å². The van der Waals surface area contributed by atoms with Gasteiger partial charge < -0.3 is 9.63 Å². The summed E-state index contributed by atoms with van der Waals surface area (Å²) < 4.78 is 5.36. The second-order valence-electron chi connectivity index (χ2n) is 5.52. The quantitative estimate of drug-likeness (QED) is 0.893. The van der Waals surface area contributed by atoms with Crippen LogP contribution in [-0.4, -0.2) is 15.2 Å². The topological polar surface area (TPSA) is 59.2 Å². The third kappa shape index (κ3) is 2.23. The van der Waals surface area contributed by atoms with E-state index < -0.39 is 0 Å². The molecule has 0 bridgehead atoms. The number of hydrogen-bond donors (Lipinski definition) is 1. The Hall–Kier alpha value is -1.84. The van der Waals surface area contributed by atoms with Gasteiger partial charge in [0.25, 0.3) is 5.89 Å². The number of aromatic hydroxyl groups is 1. The number of rotatable bonds is 2. The van der Waals surface area contributed by atoms with Crippen LogP contribution in [0.25, 0.3) is 11.5 Å². The Morgan fingerprint density at radius 3 is 2.89 bits per heavy atom. The van der Waals surface area contributed by atoms with Crippen LogP contribution in [0.1, 0.15) is 43.5 Å². The summed E-state index contributed by atoms with van der Waals surface area (Å²) in [7, 11) is 0. The molecular formula is C15H18N2O2. The number of nitrogens with zero attached hydrogens (tertiary/aromatic N) is 2. The fourth-order valence-electron chi connectivity index (χ4n) is 2.81. The van der Waals surface area contributed by atoms with Crippen molar-refractivity contribution in [3.63, 3.8) is 0 Å². The van der Waals surface area contributed by atoms with Crippen LogP contribution in [0.4, 0.5) is 0 Å². The summed E-state index contributed by atoms with van der Waals surface area (Å²) in [6, 6.07) is 5.34. The molecule has 2 atom stereocenters. The molecule has 1 saturated carbocycles. The molecular weight excluding hydrogens is 240 g/mol. The van der Waals surface area contributed by atoms with E-state index in [4.69, 9.17) is 4.52 Å². The molecule has 0 aliphatic heterocycles. The van der Waals surface area contributed by atoms with Crippen molar-refractivity contribution in [1.29, 1.82) is 0 Å². The van der Waals surface area contributed by atoms with Gasteiger partial charge in [-0.15, -0.1) is 0 Å². The zero-order chi connectivity index (χ0) is 13.4. The van der Waals surface area contributed by atoms with Gasteiger partial charge in [-0.05, 0) is 44.2 Å². The lowest BCUT2D eigenvalue weighted by Crippen LogP contribution is -1.96. The molecule has 1 N–H and O–H groups in total. The molecule has 0 saturated heterocycles. The minimum Gasteiger partial charge on any atom is -0.508 e. The zero-order valence-electron chi connectivity index (χ0n) is 11.3. The first-order valence-electron chi connectivity index (χ1n) is 6.77. The van der Waals surface area contributed by atoms with Crippen molar-refractivity contribution in [2.75, 3.05) is 0 Å². The van der Waals surface area contributed by atoms with Crippen molar-refractivity contribution >= 4 is 0 Å². The first-order valence-corrected chi connectivity index (χ1v) is 6.77. The van der Waals surface area contributed by atoms with Gasteiger partial charge in [-0.2, -0.15) is 4.98 Å². The smallest absolute Gasteiger partial charge is 0.258 e. The summed E-state index contributed by atoms with van der Waals surface area (Å²) >= 11 is 0. The van der Waals surface area contributed by atoms with Gasteiger partial charge in [-0.3, -0.25) is 0 Å². The van der Waals surface area contributed by atoms with Gasteiger partial charge >= 0.3 is 0 Å². The molecule has 1 heterocycles. The highest BCUT2D eigenvalue weighted by Gasteiger charge is 2.27. The van der Waals surface area contributed by atoms with Crippen LogP contribution in [0.5, 0.6) is 5.75 Å². The summed E-state index contributed by atoms with van der Waals surface area (Å²) in [5.41, 5.74) is 1.59. The average Bonchev–Trinajstić information content (AvgIpc) is 3.01.